The van der Waals surface area contributed by atoms with Crippen molar-refractivity contribution < 1.29 is 13.2 Å². The second kappa shape index (κ2) is 7.89. The molecule has 1 N–H and O–H groups in total. The Bertz CT molecular complexity index is 577. The number of sulfonamides is 1. The second-order valence-electron chi connectivity index (χ2n) is 4.78. The third-order valence-corrected chi connectivity index (χ3v) is 5.92. The zero-order valence-electron chi connectivity index (χ0n) is 11.5. The molecular weight excluding hydrogens is 380 g/mol. The molecule has 1 aliphatic rings. The third kappa shape index (κ3) is 5.19. The van der Waals surface area contributed by atoms with Gasteiger partial charge in [-0.15, -0.1) is 0 Å². The van der Waals surface area contributed by atoms with Crippen molar-refractivity contribution in [3.63, 3.8) is 0 Å². The van der Waals surface area contributed by atoms with Gasteiger partial charge in [0.25, 0.3) is 0 Å². The first-order valence-corrected chi connectivity index (χ1v) is 9.39. The molecule has 0 unspecified atom stereocenters. The zero-order chi connectivity index (χ0) is 15.3. The lowest BCUT2D eigenvalue weighted by molar-refractivity contribution is 0.0376. The van der Waals surface area contributed by atoms with E-state index in [1.807, 2.05) is 0 Å². The van der Waals surface area contributed by atoms with Crippen LogP contribution in [0.25, 0.3) is 0 Å². The fourth-order valence-electron chi connectivity index (χ4n) is 2.06. The molecule has 1 aromatic rings. The minimum absolute atomic E-state index is 0.213. The Morgan fingerprint density at radius 2 is 2.05 bits per heavy atom. The predicted octanol–water partition coefficient (Wildman–Crippen LogP) is 2.10. The molecule has 21 heavy (non-hydrogen) atoms. The van der Waals surface area contributed by atoms with Gasteiger partial charge in [-0.1, -0.05) is 11.6 Å². The van der Waals surface area contributed by atoms with Crippen molar-refractivity contribution in [3.05, 3.63) is 27.7 Å². The molecule has 1 fully saturated rings. The molecule has 0 aliphatic carbocycles. The van der Waals surface area contributed by atoms with Crippen molar-refractivity contribution in [1.82, 2.24) is 9.62 Å². The minimum atomic E-state index is -3.48. The molecule has 2 rings (SSSR count). The van der Waals surface area contributed by atoms with Gasteiger partial charge in [0.1, 0.15) is 0 Å². The van der Waals surface area contributed by atoms with Crippen LogP contribution in [0.5, 0.6) is 0 Å². The summed E-state index contributed by atoms with van der Waals surface area (Å²) in [5.41, 5.74) is 0. The molecule has 5 nitrogen and oxygen atoms in total. The quantitative estimate of drug-likeness (QED) is 0.747. The molecular formula is C13H18BrClN2O3S. The van der Waals surface area contributed by atoms with Gasteiger partial charge in [-0.2, -0.15) is 0 Å². The Labute approximate surface area is 138 Å². The van der Waals surface area contributed by atoms with Crippen LogP contribution in [0.2, 0.25) is 5.02 Å². The number of morpholine rings is 1. The molecule has 1 heterocycles. The molecule has 0 saturated carbocycles. The van der Waals surface area contributed by atoms with Crippen LogP contribution in [0.1, 0.15) is 6.42 Å². The predicted molar refractivity (Wildman–Crippen MR) is 86.2 cm³/mol. The number of ether oxygens (including phenoxy) is 1. The van der Waals surface area contributed by atoms with Gasteiger partial charge in [-0.3, -0.25) is 4.90 Å². The lowest BCUT2D eigenvalue weighted by atomic mass is 10.3. The smallest absolute Gasteiger partial charge is 0.240 e. The zero-order valence-corrected chi connectivity index (χ0v) is 14.7. The van der Waals surface area contributed by atoms with Gasteiger partial charge in [0, 0.05) is 24.1 Å². The normalized spacial score (nSPS) is 17.0. The topological polar surface area (TPSA) is 58.6 Å². The number of hydrogen-bond donors (Lipinski definition) is 1. The largest absolute Gasteiger partial charge is 0.379 e. The lowest BCUT2D eigenvalue weighted by Gasteiger charge is -2.26. The molecule has 0 bridgehead atoms. The van der Waals surface area contributed by atoms with E-state index in [-0.39, 0.29) is 4.90 Å². The number of nitrogens with zero attached hydrogens (tertiary/aromatic N) is 1. The van der Waals surface area contributed by atoms with E-state index in [4.69, 9.17) is 16.3 Å². The molecule has 1 saturated heterocycles. The van der Waals surface area contributed by atoms with Gasteiger partial charge in [-0.05, 0) is 47.1 Å². The number of benzene rings is 1. The summed E-state index contributed by atoms with van der Waals surface area (Å²) in [6.45, 7) is 4.62. The maximum absolute atomic E-state index is 12.1. The SMILES string of the molecule is O=S(=O)(NCCCN1CCOCC1)c1ccc(Cl)c(Br)c1. The maximum atomic E-state index is 12.1. The fraction of sp³-hybridized carbons (Fsp3) is 0.538. The average molecular weight is 398 g/mol. The van der Waals surface area contributed by atoms with E-state index in [1.54, 1.807) is 6.07 Å². The summed E-state index contributed by atoms with van der Waals surface area (Å²) in [6.07, 6.45) is 0.772. The van der Waals surface area contributed by atoms with Crippen molar-refractivity contribution in [2.45, 2.75) is 11.3 Å². The summed E-state index contributed by atoms with van der Waals surface area (Å²) in [7, 11) is -3.48. The van der Waals surface area contributed by atoms with Crippen molar-refractivity contribution in [3.8, 4) is 0 Å². The van der Waals surface area contributed by atoms with Gasteiger partial charge in [0.05, 0.1) is 23.1 Å². The van der Waals surface area contributed by atoms with Crippen LogP contribution in [-0.2, 0) is 14.8 Å². The van der Waals surface area contributed by atoms with E-state index in [0.717, 1.165) is 39.3 Å². The van der Waals surface area contributed by atoms with Crippen LogP contribution in [0, 0.1) is 0 Å². The molecule has 1 aromatic carbocycles. The van der Waals surface area contributed by atoms with Gasteiger partial charge in [-0.25, -0.2) is 13.1 Å². The number of halogens is 2. The number of hydrogen-bond acceptors (Lipinski definition) is 4. The Balaban J connectivity index is 1.82. The second-order valence-corrected chi connectivity index (χ2v) is 7.81. The molecule has 8 heteroatoms. The van der Waals surface area contributed by atoms with Crippen LogP contribution in [0.3, 0.4) is 0 Å². The van der Waals surface area contributed by atoms with Crippen molar-refractivity contribution >= 4 is 37.6 Å². The highest BCUT2D eigenvalue weighted by atomic mass is 79.9. The van der Waals surface area contributed by atoms with E-state index < -0.39 is 10.0 Å². The maximum Gasteiger partial charge on any atom is 0.240 e. The standard InChI is InChI=1S/C13H18BrClN2O3S/c14-12-10-11(2-3-13(12)15)21(18,19)16-4-1-5-17-6-8-20-9-7-17/h2-3,10,16H,1,4-9H2. The van der Waals surface area contributed by atoms with Crippen LogP contribution in [-0.4, -0.2) is 52.7 Å². The summed E-state index contributed by atoms with van der Waals surface area (Å²) >= 11 is 9.10. The van der Waals surface area contributed by atoms with Crippen molar-refractivity contribution in [1.29, 1.82) is 0 Å². The molecule has 0 radical (unpaired) electrons. The lowest BCUT2D eigenvalue weighted by Crippen LogP contribution is -2.38. The first-order chi connectivity index (χ1) is 9.99. The van der Waals surface area contributed by atoms with Crippen LogP contribution >= 0.6 is 27.5 Å². The minimum Gasteiger partial charge on any atom is -0.379 e. The number of nitrogens with one attached hydrogen (secondary N) is 1. The van der Waals surface area contributed by atoms with Crippen LogP contribution in [0.4, 0.5) is 0 Å². The van der Waals surface area contributed by atoms with Crippen LogP contribution < -0.4 is 4.72 Å². The van der Waals surface area contributed by atoms with Gasteiger partial charge < -0.3 is 4.74 Å². The Hall–Kier alpha value is -0.180. The molecule has 0 aromatic heterocycles. The molecule has 1 aliphatic heterocycles. The summed E-state index contributed by atoms with van der Waals surface area (Å²) in [5.74, 6) is 0. The Morgan fingerprint density at radius 1 is 1.33 bits per heavy atom. The number of rotatable bonds is 6. The van der Waals surface area contributed by atoms with E-state index in [9.17, 15) is 8.42 Å². The van der Waals surface area contributed by atoms with Gasteiger partial charge >= 0.3 is 0 Å². The highest BCUT2D eigenvalue weighted by molar-refractivity contribution is 9.10. The van der Waals surface area contributed by atoms with Crippen molar-refractivity contribution in [2.24, 2.45) is 0 Å². The first kappa shape index (κ1) is 17.2. The Morgan fingerprint density at radius 3 is 2.71 bits per heavy atom. The summed E-state index contributed by atoms with van der Waals surface area (Å²) in [4.78, 5) is 2.49. The third-order valence-electron chi connectivity index (χ3n) is 3.25. The fourth-order valence-corrected chi connectivity index (χ4v) is 3.81. The Kier molecular flexibility index (Phi) is 6.46. The average Bonchev–Trinajstić information content (AvgIpc) is 2.47. The highest BCUT2D eigenvalue weighted by Crippen LogP contribution is 2.25. The van der Waals surface area contributed by atoms with E-state index >= 15 is 0 Å². The van der Waals surface area contributed by atoms with E-state index in [1.165, 1.54) is 12.1 Å². The first-order valence-electron chi connectivity index (χ1n) is 6.74. The molecule has 0 amide bonds. The molecule has 0 atom stereocenters. The van der Waals surface area contributed by atoms with E-state index in [2.05, 4.69) is 25.6 Å². The van der Waals surface area contributed by atoms with Crippen LogP contribution in [0.15, 0.2) is 27.6 Å². The monoisotopic (exact) mass is 396 g/mol. The molecule has 118 valence electrons. The van der Waals surface area contributed by atoms with Gasteiger partial charge in [0.2, 0.25) is 10.0 Å². The summed E-state index contributed by atoms with van der Waals surface area (Å²) in [6, 6.07) is 4.57. The van der Waals surface area contributed by atoms with Crippen molar-refractivity contribution in [2.75, 3.05) is 39.4 Å². The highest BCUT2D eigenvalue weighted by Gasteiger charge is 2.15. The molecule has 0 spiro atoms. The van der Waals surface area contributed by atoms with E-state index in [0.29, 0.717) is 16.0 Å². The summed E-state index contributed by atoms with van der Waals surface area (Å²) < 4.78 is 32.7. The van der Waals surface area contributed by atoms with Gasteiger partial charge in [0.15, 0.2) is 0 Å². The summed E-state index contributed by atoms with van der Waals surface area (Å²) in [5, 5.41) is 0.487.